The van der Waals surface area contributed by atoms with Crippen molar-refractivity contribution in [1.82, 2.24) is 29.5 Å². The first-order chi connectivity index (χ1) is 13.9. The number of rotatable bonds is 5. The second-order valence-corrected chi connectivity index (χ2v) is 8.14. The van der Waals surface area contributed by atoms with Crippen molar-refractivity contribution in [2.75, 3.05) is 25.4 Å². The van der Waals surface area contributed by atoms with E-state index in [4.69, 9.17) is 15.1 Å². The summed E-state index contributed by atoms with van der Waals surface area (Å²) in [5.41, 5.74) is 2.73. The van der Waals surface area contributed by atoms with E-state index < -0.39 is 0 Å². The van der Waals surface area contributed by atoms with Gasteiger partial charge in [0.05, 0.1) is 5.52 Å². The summed E-state index contributed by atoms with van der Waals surface area (Å²) in [5, 5.41) is 6.68. The largest absolute Gasteiger partial charge is 0.303 e. The number of nitrogens with zero attached hydrogens (tertiary/aromatic N) is 6. The van der Waals surface area contributed by atoms with Crippen molar-refractivity contribution in [1.29, 1.82) is 0 Å². The summed E-state index contributed by atoms with van der Waals surface area (Å²) >= 11 is 1.76. The highest BCUT2D eigenvalue weighted by Gasteiger charge is 2.16. The van der Waals surface area contributed by atoms with Crippen LogP contribution in [0.2, 0.25) is 0 Å². The van der Waals surface area contributed by atoms with Gasteiger partial charge in [-0.3, -0.25) is 4.98 Å². The Kier molecular flexibility index (Phi) is 4.93. The normalized spacial score (nSPS) is 15.4. The smallest absolute Gasteiger partial charge is 0.191 e. The van der Waals surface area contributed by atoms with Crippen LogP contribution in [0.4, 0.5) is 0 Å². The van der Waals surface area contributed by atoms with Crippen LogP contribution in [0, 0.1) is 0 Å². The van der Waals surface area contributed by atoms with Crippen molar-refractivity contribution < 1.29 is 0 Å². The lowest BCUT2D eigenvalue weighted by molar-refractivity contribution is 0.242. The van der Waals surface area contributed by atoms with Crippen molar-refractivity contribution in [2.45, 2.75) is 24.4 Å². The Bertz CT molecular complexity index is 1090. The molecule has 0 radical (unpaired) electrons. The summed E-state index contributed by atoms with van der Waals surface area (Å²) in [6, 6.07) is 12.0. The highest BCUT2D eigenvalue weighted by atomic mass is 32.2. The molecule has 0 spiro atoms. The Balaban J connectivity index is 1.50. The summed E-state index contributed by atoms with van der Waals surface area (Å²) in [6.45, 7) is 3.52. The maximum Gasteiger partial charge on any atom is 0.191 e. The standard InChI is InChI=1S/C21H22N6S/c1-4-11-26(12-5-1)13-14-28-21-23-18-9-3-2-8-17(18)20-24-19(25-27(20)21)16-7-6-10-22-15-16/h2-3,6-10,15H,1,4-5,11-14H2. The number of fused-ring (bicyclic) bond motifs is 3. The highest BCUT2D eigenvalue weighted by Crippen LogP contribution is 2.26. The Morgan fingerprint density at radius 1 is 0.964 bits per heavy atom. The first-order valence-electron chi connectivity index (χ1n) is 9.79. The molecule has 4 heterocycles. The van der Waals surface area contributed by atoms with Crippen molar-refractivity contribution in [3.63, 3.8) is 0 Å². The lowest BCUT2D eigenvalue weighted by Crippen LogP contribution is -2.31. The van der Waals surface area contributed by atoms with Gasteiger partial charge in [-0.2, -0.15) is 4.52 Å². The van der Waals surface area contributed by atoms with Gasteiger partial charge in [0, 0.05) is 35.6 Å². The first kappa shape index (κ1) is 17.6. The minimum atomic E-state index is 0.684. The van der Waals surface area contributed by atoms with Crippen molar-refractivity contribution in [3.8, 4) is 11.4 Å². The third-order valence-corrected chi connectivity index (χ3v) is 6.07. The van der Waals surface area contributed by atoms with E-state index in [2.05, 4.69) is 16.0 Å². The SMILES string of the molecule is c1cncc(-c2nc3c4ccccc4nc(SCCN4CCCCC4)n3n2)c1. The zero-order valence-electron chi connectivity index (χ0n) is 15.7. The molecule has 0 bridgehead atoms. The maximum atomic E-state index is 4.88. The monoisotopic (exact) mass is 390 g/mol. The molecular weight excluding hydrogens is 368 g/mol. The molecule has 1 fully saturated rings. The van der Waals surface area contributed by atoms with Gasteiger partial charge >= 0.3 is 0 Å². The lowest BCUT2D eigenvalue weighted by atomic mass is 10.1. The number of para-hydroxylation sites is 1. The maximum absolute atomic E-state index is 4.88. The molecule has 0 N–H and O–H groups in total. The Labute approximate surface area is 168 Å². The van der Waals surface area contributed by atoms with Gasteiger partial charge in [0.2, 0.25) is 0 Å². The van der Waals surface area contributed by atoms with E-state index >= 15 is 0 Å². The van der Waals surface area contributed by atoms with Gasteiger partial charge in [-0.1, -0.05) is 30.3 Å². The molecular formula is C21H22N6S. The molecule has 0 aliphatic carbocycles. The number of likely N-dealkylation sites (tertiary alicyclic amines) is 1. The van der Waals surface area contributed by atoms with Crippen LogP contribution >= 0.6 is 11.8 Å². The van der Waals surface area contributed by atoms with Crippen LogP contribution in [0.3, 0.4) is 0 Å². The molecule has 0 amide bonds. The van der Waals surface area contributed by atoms with Gasteiger partial charge in [-0.05, 0) is 50.2 Å². The molecule has 1 aromatic carbocycles. The fourth-order valence-corrected chi connectivity index (χ4v) is 4.63. The molecule has 4 aromatic rings. The second kappa shape index (κ2) is 7.85. The quantitative estimate of drug-likeness (QED) is 0.380. The molecule has 3 aromatic heterocycles. The number of benzene rings is 1. The summed E-state index contributed by atoms with van der Waals surface area (Å²) in [5.74, 6) is 1.69. The van der Waals surface area contributed by atoms with Crippen LogP contribution < -0.4 is 0 Å². The average Bonchev–Trinajstić information content (AvgIpc) is 3.21. The summed E-state index contributed by atoms with van der Waals surface area (Å²) in [6.07, 6.45) is 7.57. The Morgan fingerprint density at radius 3 is 2.71 bits per heavy atom. The number of piperidine rings is 1. The van der Waals surface area contributed by atoms with Crippen LogP contribution in [-0.4, -0.2) is 54.9 Å². The zero-order chi connectivity index (χ0) is 18.8. The van der Waals surface area contributed by atoms with E-state index in [0.29, 0.717) is 5.82 Å². The molecule has 0 atom stereocenters. The van der Waals surface area contributed by atoms with Gasteiger partial charge in [0.15, 0.2) is 16.6 Å². The lowest BCUT2D eigenvalue weighted by Gasteiger charge is -2.25. The van der Waals surface area contributed by atoms with Crippen molar-refractivity contribution >= 4 is 28.3 Å². The van der Waals surface area contributed by atoms with Crippen LogP contribution in [0.1, 0.15) is 19.3 Å². The molecule has 1 aliphatic heterocycles. The van der Waals surface area contributed by atoms with Crippen molar-refractivity contribution in [3.05, 3.63) is 48.8 Å². The predicted octanol–water partition coefficient (Wildman–Crippen LogP) is 3.92. The molecule has 1 saturated heterocycles. The van der Waals surface area contributed by atoms with E-state index in [-0.39, 0.29) is 0 Å². The second-order valence-electron chi connectivity index (χ2n) is 7.07. The predicted molar refractivity (Wildman–Crippen MR) is 113 cm³/mol. The van der Waals surface area contributed by atoms with Gasteiger partial charge < -0.3 is 4.90 Å². The topological polar surface area (TPSA) is 59.2 Å². The Hall–Kier alpha value is -2.51. The Morgan fingerprint density at radius 2 is 1.86 bits per heavy atom. The van der Waals surface area contributed by atoms with Crippen LogP contribution in [0.25, 0.3) is 27.9 Å². The van der Waals surface area contributed by atoms with E-state index in [9.17, 15) is 0 Å². The third kappa shape index (κ3) is 3.47. The average molecular weight is 391 g/mol. The molecule has 7 heteroatoms. The molecule has 142 valence electrons. The first-order valence-corrected chi connectivity index (χ1v) is 10.8. The summed E-state index contributed by atoms with van der Waals surface area (Å²) < 4.78 is 1.89. The minimum Gasteiger partial charge on any atom is -0.303 e. The van der Waals surface area contributed by atoms with Crippen LogP contribution in [-0.2, 0) is 0 Å². The van der Waals surface area contributed by atoms with Gasteiger partial charge in [-0.15, -0.1) is 5.10 Å². The van der Waals surface area contributed by atoms with Gasteiger partial charge in [0.1, 0.15) is 0 Å². The fourth-order valence-electron chi connectivity index (χ4n) is 3.69. The zero-order valence-corrected chi connectivity index (χ0v) is 16.5. The molecule has 5 rings (SSSR count). The highest BCUT2D eigenvalue weighted by molar-refractivity contribution is 7.99. The molecule has 0 saturated carbocycles. The number of aromatic nitrogens is 5. The number of hydrogen-bond donors (Lipinski definition) is 0. The van der Waals surface area contributed by atoms with E-state index in [1.165, 1.54) is 32.4 Å². The number of hydrogen-bond acceptors (Lipinski definition) is 6. The minimum absolute atomic E-state index is 0.684. The van der Waals surface area contributed by atoms with Gasteiger partial charge in [-0.25, -0.2) is 9.97 Å². The molecule has 28 heavy (non-hydrogen) atoms. The fraction of sp³-hybridized carbons (Fsp3) is 0.333. The van der Waals surface area contributed by atoms with E-state index in [0.717, 1.165) is 39.6 Å². The van der Waals surface area contributed by atoms with Gasteiger partial charge in [0.25, 0.3) is 0 Å². The molecule has 6 nitrogen and oxygen atoms in total. The number of thioether (sulfide) groups is 1. The van der Waals surface area contributed by atoms with Crippen LogP contribution in [0.15, 0.2) is 53.9 Å². The molecule has 1 aliphatic rings. The van der Waals surface area contributed by atoms with E-state index in [1.807, 2.05) is 34.8 Å². The van der Waals surface area contributed by atoms with Crippen molar-refractivity contribution in [2.24, 2.45) is 0 Å². The van der Waals surface area contributed by atoms with E-state index in [1.54, 1.807) is 24.2 Å². The number of pyridine rings is 1. The third-order valence-electron chi connectivity index (χ3n) is 5.16. The molecule has 0 unspecified atom stereocenters. The summed E-state index contributed by atoms with van der Waals surface area (Å²) in [4.78, 5) is 16.5. The summed E-state index contributed by atoms with van der Waals surface area (Å²) in [7, 11) is 0. The van der Waals surface area contributed by atoms with Crippen LogP contribution in [0.5, 0.6) is 0 Å².